The standard InChI is InChI=1S/C10H14O2S.Li/c1-10(2,3)8-4-6-9(7-5-8)13(11)12;/h4-7H,1-3H3,(H,11,12);/q;+1/p-1. The van der Waals surface area contributed by atoms with Crippen LogP contribution in [0, 0.1) is 0 Å². The molecule has 0 aliphatic carbocycles. The van der Waals surface area contributed by atoms with Gasteiger partial charge >= 0.3 is 18.9 Å². The predicted octanol–water partition coefficient (Wildman–Crippen LogP) is -0.774. The van der Waals surface area contributed by atoms with Crippen LogP contribution >= 0.6 is 0 Å². The third-order valence-electron chi connectivity index (χ3n) is 1.91. The van der Waals surface area contributed by atoms with Crippen molar-refractivity contribution >= 4 is 11.1 Å². The maximum Gasteiger partial charge on any atom is 1.00 e. The van der Waals surface area contributed by atoms with Crippen molar-refractivity contribution in [3.05, 3.63) is 29.8 Å². The van der Waals surface area contributed by atoms with Gasteiger partial charge in [-0.15, -0.1) is 0 Å². The summed E-state index contributed by atoms with van der Waals surface area (Å²) in [6.07, 6.45) is 0. The van der Waals surface area contributed by atoms with Crippen LogP contribution in [0.3, 0.4) is 0 Å². The van der Waals surface area contributed by atoms with Crippen LogP contribution in [-0.2, 0) is 16.5 Å². The molecule has 0 saturated heterocycles. The molecule has 72 valence electrons. The van der Waals surface area contributed by atoms with Gasteiger partial charge in [0.15, 0.2) is 0 Å². The average molecular weight is 204 g/mol. The van der Waals surface area contributed by atoms with Gasteiger partial charge < -0.3 is 4.55 Å². The summed E-state index contributed by atoms with van der Waals surface area (Å²) in [6, 6.07) is 6.96. The fourth-order valence-corrected chi connectivity index (χ4v) is 1.42. The Balaban J connectivity index is 0.00000169. The van der Waals surface area contributed by atoms with Crippen LogP contribution in [0.1, 0.15) is 26.3 Å². The van der Waals surface area contributed by atoms with Crippen molar-refractivity contribution in [2.45, 2.75) is 31.1 Å². The van der Waals surface area contributed by atoms with E-state index in [1.54, 1.807) is 12.1 Å². The molecular weight excluding hydrogens is 191 g/mol. The molecule has 0 radical (unpaired) electrons. The van der Waals surface area contributed by atoms with Crippen LogP contribution in [0.25, 0.3) is 0 Å². The molecular formula is C10H13LiO2S. The van der Waals surface area contributed by atoms with Crippen LogP contribution < -0.4 is 18.9 Å². The van der Waals surface area contributed by atoms with Gasteiger partial charge in [-0.1, -0.05) is 32.9 Å². The Morgan fingerprint density at radius 1 is 1.14 bits per heavy atom. The van der Waals surface area contributed by atoms with Crippen LogP contribution in [0.2, 0.25) is 0 Å². The predicted molar refractivity (Wildman–Crippen MR) is 52.3 cm³/mol. The normalized spacial score (nSPS) is 13.1. The van der Waals surface area contributed by atoms with Crippen molar-refractivity contribution in [3.63, 3.8) is 0 Å². The minimum absolute atomic E-state index is 0. The van der Waals surface area contributed by atoms with Gasteiger partial charge in [0.05, 0.1) is 0 Å². The summed E-state index contributed by atoms with van der Waals surface area (Å²) in [5.74, 6) is 0. The smallest absolute Gasteiger partial charge is 0.768 e. The zero-order valence-electron chi connectivity index (χ0n) is 9.03. The Morgan fingerprint density at radius 3 is 1.86 bits per heavy atom. The molecule has 0 heterocycles. The summed E-state index contributed by atoms with van der Waals surface area (Å²) in [6.45, 7) is 6.28. The van der Waals surface area contributed by atoms with Gasteiger partial charge in [-0.25, -0.2) is 0 Å². The van der Waals surface area contributed by atoms with E-state index in [2.05, 4.69) is 20.8 Å². The van der Waals surface area contributed by atoms with Gasteiger partial charge in [-0.3, -0.25) is 4.21 Å². The average Bonchev–Trinajstić information content (AvgIpc) is 2.03. The van der Waals surface area contributed by atoms with E-state index in [0.717, 1.165) is 5.56 Å². The largest absolute Gasteiger partial charge is 1.00 e. The first kappa shape index (κ1) is 13.9. The number of hydrogen-bond donors (Lipinski definition) is 0. The first-order chi connectivity index (χ1) is 5.91. The van der Waals surface area contributed by atoms with E-state index >= 15 is 0 Å². The van der Waals surface area contributed by atoms with Crippen LogP contribution in [0.5, 0.6) is 0 Å². The van der Waals surface area contributed by atoms with Gasteiger partial charge in [-0.05, 0) is 34.2 Å². The maximum absolute atomic E-state index is 10.6. The zero-order valence-corrected chi connectivity index (χ0v) is 9.85. The molecule has 0 aromatic heterocycles. The topological polar surface area (TPSA) is 40.1 Å². The molecule has 0 fully saturated rings. The van der Waals surface area contributed by atoms with Gasteiger partial charge in [-0.2, -0.15) is 0 Å². The van der Waals surface area contributed by atoms with Crippen molar-refractivity contribution in [1.82, 2.24) is 0 Å². The molecule has 0 spiro atoms. The summed E-state index contributed by atoms with van der Waals surface area (Å²) < 4.78 is 21.1. The van der Waals surface area contributed by atoms with E-state index < -0.39 is 11.1 Å². The zero-order chi connectivity index (χ0) is 10.1. The SMILES string of the molecule is CC(C)(C)c1ccc(S(=O)[O-])cc1.[Li+]. The van der Waals surface area contributed by atoms with Crippen molar-refractivity contribution < 1.29 is 27.6 Å². The second-order valence-electron chi connectivity index (χ2n) is 4.01. The first-order valence-corrected chi connectivity index (χ1v) is 5.18. The maximum atomic E-state index is 10.6. The van der Waals surface area contributed by atoms with E-state index in [0.29, 0.717) is 4.90 Å². The van der Waals surface area contributed by atoms with E-state index in [9.17, 15) is 8.76 Å². The molecule has 0 aliphatic heterocycles. The van der Waals surface area contributed by atoms with Gasteiger partial charge in [0.25, 0.3) is 0 Å². The number of benzene rings is 1. The monoisotopic (exact) mass is 204 g/mol. The molecule has 0 N–H and O–H groups in total. The summed E-state index contributed by atoms with van der Waals surface area (Å²) in [7, 11) is 0. The van der Waals surface area contributed by atoms with E-state index in [1.165, 1.54) is 0 Å². The van der Waals surface area contributed by atoms with Crippen LogP contribution in [0.4, 0.5) is 0 Å². The van der Waals surface area contributed by atoms with Gasteiger partial charge in [0.2, 0.25) is 0 Å². The Bertz CT molecular complexity index is 314. The Labute approximate surface area is 99.6 Å². The third-order valence-corrected chi connectivity index (χ3v) is 2.57. The summed E-state index contributed by atoms with van der Waals surface area (Å²) in [5, 5.41) is 0. The van der Waals surface area contributed by atoms with Crippen LogP contribution in [0.15, 0.2) is 29.2 Å². The molecule has 0 bridgehead atoms. The van der Waals surface area contributed by atoms with E-state index in [-0.39, 0.29) is 24.3 Å². The van der Waals surface area contributed by atoms with Gasteiger partial charge in [0.1, 0.15) is 0 Å². The molecule has 1 unspecified atom stereocenters. The molecule has 4 heteroatoms. The summed E-state index contributed by atoms with van der Waals surface area (Å²) in [5.41, 5.74) is 1.21. The van der Waals surface area contributed by atoms with E-state index in [4.69, 9.17) is 0 Å². The Hall–Kier alpha value is -0.0726. The summed E-state index contributed by atoms with van der Waals surface area (Å²) >= 11 is -2.11. The minimum atomic E-state index is -2.11. The van der Waals surface area contributed by atoms with Gasteiger partial charge in [0, 0.05) is 4.90 Å². The minimum Gasteiger partial charge on any atom is -0.768 e. The molecule has 1 rings (SSSR count). The fourth-order valence-electron chi connectivity index (χ4n) is 1.07. The molecule has 1 atom stereocenters. The second kappa shape index (κ2) is 5.13. The second-order valence-corrected chi connectivity index (χ2v) is 4.95. The fraction of sp³-hybridized carbons (Fsp3) is 0.400. The first-order valence-electron chi connectivity index (χ1n) is 4.11. The molecule has 0 saturated carbocycles. The van der Waals surface area contributed by atoms with Crippen molar-refractivity contribution in [2.75, 3.05) is 0 Å². The third kappa shape index (κ3) is 3.59. The van der Waals surface area contributed by atoms with Crippen LogP contribution in [-0.4, -0.2) is 8.76 Å². The molecule has 2 nitrogen and oxygen atoms in total. The summed E-state index contributed by atoms with van der Waals surface area (Å²) in [4.78, 5) is 0.341. The van der Waals surface area contributed by atoms with E-state index in [1.807, 2.05) is 12.1 Å². The molecule has 0 amide bonds. The number of rotatable bonds is 1. The quantitative estimate of drug-likeness (QED) is 0.445. The molecule has 14 heavy (non-hydrogen) atoms. The Morgan fingerprint density at radius 2 is 1.57 bits per heavy atom. The Kier molecular flexibility index (Phi) is 5.11. The molecule has 0 aliphatic rings. The molecule has 1 aromatic carbocycles. The van der Waals surface area contributed by atoms with Crippen molar-refractivity contribution in [3.8, 4) is 0 Å². The number of hydrogen-bond acceptors (Lipinski definition) is 2. The van der Waals surface area contributed by atoms with Crippen molar-refractivity contribution in [1.29, 1.82) is 0 Å². The van der Waals surface area contributed by atoms with Crippen molar-refractivity contribution in [2.24, 2.45) is 0 Å². The molecule has 1 aromatic rings.